The van der Waals surface area contributed by atoms with E-state index in [2.05, 4.69) is 20.2 Å². The Bertz CT molecular complexity index is 1040. The summed E-state index contributed by atoms with van der Waals surface area (Å²) in [4.78, 5) is 31.8. The Labute approximate surface area is 191 Å². The molecule has 0 bridgehead atoms. The number of imidazole rings is 1. The molecule has 1 saturated heterocycles. The Balaban J connectivity index is 0.000000821. The van der Waals surface area contributed by atoms with Crippen LogP contribution >= 0.6 is 0 Å². The van der Waals surface area contributed by atoms with E-state index in [0.29, 0.717) is 30.6 Å². The fourth-order valence-corrected chi connectivity index (χ4v) is 4.93. The van der Waals surface area contributed by atoms with Gasteiger partial charge in [-0.2, -0.15) is 5.10 Å². The lowest BCUT2D eigenvalue weighted by atomic mass is 9.77. The molecule has 3 heterocycles. The zero-order valence-electron chi connectivity index (χ0n) is 18.2. The van der Waals surface area contributed by atoms with Crippen LogP contribution in [0.4, 0.5) is 0 Å². The van der Waals surface area contributed by atoms with Crippen LogP contribution in [0.1, 0.15) is 36.1 Å². The molecule has 1 amide bonds. The summed E-state index contributed by atoms with van der Waals surface area (Å²) in [6.45, 7) is 1.20. The van der Waals surface area contributed by atoms with Crippen LogP contribution in [0.5, 0.6) is 0 Å². The molecule has 0 unspecified atom stereocenters. The number of aromatic amines is 1. The second-order valence-electron chi connectivity index (χ2n) is 8.58. The predicted molar refractivity (Wildman–Crippen MR) is 118 cm³/mol. The number of aliphatic hydroxyl groups is 1. The van der Waals surface area contributed by atoms with Crippen molar-refractivity contribution in [3.05, 3.63) is 66.3 Å². The van der Waals surface area contributed by atoms with Crippen LogP contribution in [0.2, 0.25) is 0 Å². The molecule has 1 saturated carbocycles. The number of H-pyrrole nitrogens is 1. The highest BCUT2D eigenvalue weighted by molar-refractivity contribution is 5.78. The molecule has 2 fully saturated rings. The maximum Gasteiger partial charge on any atom is 0.290 e. The fourth-order valence-electron chi connectivity index (χ4n) is 4.93. The molecule has 1 aliphatic carbocycles. The van der Waals surface area contributed by atoms with Gasteiger partial charge in [-0.25, -0.2) is 9.97 Å². The number of aromatic nitrogens is 5. The Hall–Kier alpha value is -3.53. The molecule has 0 radical (unpaired) electrons. The number of hydrogen-bond donors (Lipinski definition) is 3. The molecule has 10 nitrogen and oxygen atoms in total. The third kappa shape index (κ3) is 5.46. The zero-order chi connectivity index (χ0) is 23.2. The zero-order valence-corrected chi connectivity index (χ0v) is 18.2. The molecule has 33 heavy (non-hydrogen) atoms. The van der Waals surface area contributed by atoms with E-state index in [4.69, 9.17) is 9.90 Å². The third-order valence-electron chi connectivity index (χ3n) is 6.47. The van der Waals surface area contributed by atoms with Crippen molar-refractivity contribution in [1.82, 2.24) is 29.6 Å². The van der Waals surface area contributed by atoms with Crippen molar-refractivity contribution >= 4 is 12.4 Å². The summed E-state index contributed by atoms with van der Waals surface area (Å²) in [6.07, 6.45) is 7.48. The maximum atomic E-state index is 12.9. The van der Waals surface area contributed by atoms with E-state index in [1.54, 1.807) is 12.5 Å². The van der Waals surface area contributed by atoms with Gasteiger partial charge in [-0.1, -0.05) is 30.3 Å². The van der Waals surface area contributed by atoms with E-state index in [-0.39, 0.29) is 24.8 Å². The monoisotopic (exact) mass is 452 g/mol. The van der Waals surface area contributed by atoms with Crippen molar-refractivity contribution in [2.24, 2.45) is 11.8 Å². The van der Waals surface area contributed by atoms with Gasteiger partial charge in [0.2, 0.25) is 5.91 Å². The van der Waals surface area contributed by atoms with E-state index in [9.17, 15) is 9.90 Å². The quantitative estimate of drug-likeness (QED) is 0.496. The van der Waals surface area contributed by atoms with Crippen LogP contribution in [0.15, 0.2) is 49.1 Å². The maximum absolute atomic E-state index is 12.9. The van der Waals surface area contributed by atoms with Crippen molar-refractivity contribution in [1.29, 1.82) is 0 Å². The number of likely N-dealkylation sites (tertiary alicyclic amines) is 1. The van der Waals surface area contributed by atoms with Crippen LogP contribution < -0.4 is 0 Å². The topological polar surface area (TPSA) is 137 Å². The van der Waals surface area contributed by atoms with E-state index >= 15 is 0 Å². The summed E-state index contributed by atoms with van der Waals surface area (Å²) >= 11 is 0. The van der Waals surface area contributed by atoms with Crippen LogP contribution in [-0.4, -0.2) is 71.4 Å². The average Bonchev–Trinajstić information content (AvgIpc) is 3.55. The molecule has 5 rings (SSSR count). The van der Waals surface area contributed by atoms with E-state index < -0.39 is 6.10 Å². The molecule has 1 aliphatic heterocycles. The molecule has 0 spiro atoms. The summed E-state index contributed by atoms with van der Waals surface area (Å²) in [6, 6.07) is 10.1. The van der Waals surface area contributed by atoms with Gasteiger partial charge in [0, 0.05) is 31.9 Å². The average molecular weight is 453 g/mol. The standard InChI is InChI=1S/C22H26N6O2.CH2O2/c29-19-10-17-13-28(12-16(17)9-18(19)27-7-6-23-14-27)22(30)11-21-24-20(25-26-21)8-15-4-2-1-3-5-15;2-1-3/h1-7,14,16-19,29H,8-13H2,(H,24,25,26);1H,(H,2,3)/t16-,17+,18-,19-;/m1./s1. The second-order valence-corrected chi connectivity index (χ2v) is 8.58. The molecule has 1 aromatic carbocycles. The minimum absolute atomic E-state index is 0.0392. The summed E-state index contributed by atoms with van der Waals surface area (Å²) in [5.74, 6) is 2.13. The fraction of sp³-hybridized carbons (Fsp3) is 0.435. The Morgan fingerprint density at radius 1 is 1.18 bits per heavy atom. The van der Waals surface area contributed by atoms with Crippen LogP contribution in [0.25, 0.3) is 0 Å². The predicted octanol–water partition coefficient (Wildman–Crippen LogP) is 1.31. The van der Waals surface area contributed by atoms with Crippen molar-refractivity contribution in [2.45, 2.75) is 37.8 Å². The van der Waals surface area contributed by atoms with Gasteiger partial charge in [0.1, 0.15) is 5.82 Å². The molecule has 2 aliphatic rings. The summed E-state index contributed by atoms with van der Waals surface area (Å²) in [5.41, 5.74) is 1.15. The number of fused-ring (bicyclic) bond motifs is 1. The van der Waals surface area contributed by atoms with Crippen molar-refractivity contribution in [3.8, 4) is 0 Å². The number of carbonyl (C=O) groups excluding carboxylic acids is 1. The third-order valence-corrected chi connectivity index (χ3v) is 6.47. The van der Waals surface area contributed by atoms with Gasteiger partial charge in [-0.15, -0.1) is 0 Å². The number of aliphatic hydroxyl groups excluding tert-OH is 1. The van der Waals surface area contributed by atoms with Gasteiger partial charge < -0.3 is 19.7 Å². The first kappa shape index (κ1) is 22.7. The highest BCUT2D eigenvalue weighted by Crippen LogP contribution is 2.41. The lowest BCUT2D eigenvalue weighted by molar-refractivity contribution is -0.129. The summed E-state index contributed by atoms with van der Waals surface area (Å²) < 4.78 is 1.99. The Morgan fingerprint density at radius 3 is 2.61 bits per heavy atom. The first-order chi connectivity index (χ1) is 16.1. The van der Waals surface area contributed by atoms with Crippen molar-refractivity contribution in [2.75, 3.05) is 13.1 Å². The Kier molecular flexibility index (Phi) is 7.13. The first-order valence-corrected chi connectivity index (χ1v) is 11.0. The minimum atomic E-state index is -0.399. The minimum Gasteiger partial charge on any atom is -0.483 e. The van der Waals surface area contributed by atoms with Crippen LogP contribution in [0, 0.1) is 11.8 Å². The number of hydrogen-bond acceptors (Lipinski definition) is 6. The first-order valence-electron chi connectivity index (χ1n) is 11.0. The number of carbonyl (C=O) groups is 2. The van der Waals surface area contributed by atoms with E-state index in [1.807, 2.05) is 46.0 Å². The highest BCUT2D eigenvalue weighted by atomic mass is 16.3. The van der Waals surface area contributed by atoms with Gasteiger partial charge in [0.25, 0.3) is 6.47 Å². The van der Waals surface area contributed by atoms with Gasteiger partial charge in [-0.3, -0.25) is 14.7 Å². The van der Waals surface area contributed by atoms with Gasteiger partial charge in [0.15, 0.2) is 5.82 Å². The molecule has 2 aromatic heterocycles. The number of benzene rings is 1. The molecule has 3 aromatic rings. The lowest BCUT2D eigenvalue weighted by Crippen LogP contribution is -2.35. The van der Waals surface area contributed by atoms with E-state index in [0.717, 1.165) is 30.8 Å². The smallest absolute Gasteiger partial charge is 0.290 e. The van der Waals surface area contributed by atoms with Gasteiger partial charge in [0.05, 0.1) is 24.9 Å². The second kappa shape index (κ2) is 10.4. The SMILES string of the molecule is O=C(Cc1n[nH]c(Cc2ccccc2)n1)N1C[C@H]2C[C@@H](n3ccnc3)[C@H](O)C[C@H]2C1.O=CO. The lowest BCUT2D eigenvalue weighted by Gasteiger charge is -2.35. The number of nitrogens with one attached hydrogen (secondary N) is 1. The molecule has 4 atom stereocenters. The summed E-state index contributed by atoms with van der Waals surface area (Å²) in [7, 11) is 0. The number of nitrogens with zero attached hydrogens (tertiary/aromatic N) is 5. The molecule has 10 heteroatoms. The summed E-state index contributed by atoms with van der Waals surface area (Å²) in [5, 5.41) is 24.7. The van der Waals surface area contributed by atoms with Gasteiger partial charge >= 0.3 is 0 Å². The number of rotatable bonds is 5. The van der Waals surface area contributed by atoms with Crippen LogP contribution in [-0.2, 0) is 22.4 Å². The van der Waals surface area contributed by atoms with E-state index in [1.165, 1.54) is 0 Å². The van der Waals surface area contributed by atoms with Crippen molar-refractivity contribution in [3.63, 3.8) is 0 Å². The Morgan fingerprint density at radius 2 is 1.91 bits per heavy atom. The van der Waals surface area contributed by atoms with Gasteiger partial charge in [-0.05, 0) is 30.2 Å². The van der Waals surface area contributed by atoms with Crippen LogP contribution in [0.3, 0.4) is 0 Å². The molecular formula is C23H28N6O4. The van der Waals surface area contributed by atoms with Crippen molar-refractivity contribution < 1.29 is 19.8 Å². The number of carboxylic acid groups (broad SMARTS) is 1. The highest BCUT2D eigenvalue weighted by Gasteiger charge is 2.43. The molecule has 3 N–H and O–H groups in total. The number of amides is 1. The normalized spacial score (nSPS) is 24.0. The molecular weight excluding hydrogens is 424 g/mol. The molecule has 174 valence electrons. The largest absolute Gasteiger partial charge is 0.483 e.